The highest BCUT2D eigenvalue weighted by molar-refractivity contribution is 6.02. The summed E-state index contributed by atoms with van der Waals surface area (Å²) in [7, 11) is 0. The largest absolute Gasteiger partial charge is 0.435 e. The molecule has 0 fully saturated rings. The number of hydrogen-bond acceptors (Lipinski definition) is 4. The van der Waals surface area contributed by atoms with Gasteiger partial charge in [-0.1, -0.05) is 26.0 Å². The maximum Gasteiger partial charge on any atom is 0.435 e. The molecule has 2 aliphatic carbocycles. The Hall–Kier alpha value is -2.51. The van der Waals surface area contributed by atoms with Crippen molar-refractivity contribution in [2.75, 3.05) is 0 Å². The van der Waals surface area contributed by atoms with Gasteiger partial charge in [0.25, 0.3) is 0 Å². The number of halogens is 4. The molecule has 1 N–H and O–H groups in total. The predicted molar refractivity (Wildman–Crippen MR) is 96.3 cm³/mol. The van der Waals surface area contributed by atoms with E-state index in [1.165, 1.54) is 12.1 Å². The molecule has 2 atom stereocenters. The SMILES string of the molecule is CC1(C)CC(=O)C2=C(C1)NC1N=NC(C(F)(F)F)=C1[C@@]21CCc2c(F)cccc21. The molecule has 0 saturated carbocycles. The molecule has 1 aromatic carbocycles. The van der Waals surface area contributed by atoms with Gasteiger partial charge in [0.15, 0.2) is 17.6 Å². The smallest absolute Gasteiger partial charge is 0.362 e. The third-order valence-electron chi connectivity index (χ3n) is 6.47. The minimum Gasteiger partial charge on any atom is -0.362 e. The number of azo groups is 1. The summed E-state index contributed by atoms with van der Waals surface area (Å²) < 4.78 is 56.1. The average Bonchev–Trinajstić information content (AvgIpc) is 3.17. The molecular weight excluding hydrogens is 386 g/mol. The van der Waals surface area contributed by atoms with Gasteiger partial charge in [-0.3, -0.25) is 4.79 Å². The van der Waals surface area contributed by atoms with Gasteiger partial charge in [-0.2, -0.15) is 18.3 Å². The van der Waals surface area contributed by atoms with Crippen molar-refractivity contribution in [2.45, 2.75) is 57.3 Å². The molecule has 2 heterocycles. The van der Waals surface area contributed by atoms with E-state index in [-0.39, 0.29) is 36.0 Å². The second-order valence-corrected chi connectivity index (χ2v) is 8.99. The number of alkyl halides is 3. The molecule has 1 aromatic rings. The number of nitrogens with zero attached hydrogens (tertiary/aromatic N) is 2. The molecule has 4 aliphatic rings. The van der Waals surface area contributed by atoms with E-state index in [2.05, 4.69) is 15.5 Å². The number of fused-ring (bicyclic) bond motifs is 5. The second-order valence-electron chi connectivity index (χ2n) is 8.99. The van der Waals surface area contributed by atoms with Crippen LogP contribution in [0.25, 0.3) is 0 Å². The maximum atomic E-state index is 14.5. The van der Waals surface area contributed by atoms with Gasteiger partial charge in [0.2, 0.25) is 0 Å². The van der Waals surface area contributed by atoms with E-state index in [4.69, 9.17) is 0 Å². The zero-order valence-electron chi connectivity index (χ0n) is 16.0. The summed E-state index contributed by atoms with van der Waals surface area (Å²) in [6.07, 6.45) is -4.51. The molecular formula is C21H19F4N3O. The topological polar surface area (TPSA) is 53.8 Å². The van der Waals surface area contributed by atoms with Crippen LogP contribution in [0.2, 0.25) is 0 Å². The van der Waals surface area contributed by atoms with Crippen LogP contribution < -0.4 is 5.32 Å². The van der Waals surface area contributed by atoms with Crippen molar-refractivity contribution < 1.29 is 22.4 Å². The third kappa shape index (κ3) is 2.40. The lowest BCUT2D eigenvalue weighted by Crippen LogP contribution is -2.51. The monoisotopic (exact) mass is 405 g/mol. The average molecular weight is 405 g/mol. The summed E-state index contributed by atoms with van der Waals surface area (Å²) in [6, 6.07) is 4.44. The van der Waals surface area contributed by atoms with Crippen LogP contribution in [-0.2, 0) is 16.6 Å². The summed E-state index contributed by atoms with van der Waals surface area (Å²) in [5.74, 6) is -0.651. The molecule has 5 rings (SSSR count). The lowest BCUT2D eigenvalue weighted by atomic mass is 9.60. The molecule has 0 radical (unpaired) electrons. The summed E-state index contributed by atoms with van der Waals surface area (Å²) >= 11 is 0. The van der Waals surface area contributed by atoms with Gasteiger partial charge < -0.3 is 5.32 Å². The zero-order valence-corrected chi connectivity index (χ0v) is 16.0. The molecule has 1 spiro atoms. The Bertz CT molecular complexity index is 1050. The van der Waals surface area contributed by atoms with E-state index in [1.54, 1.807) is 6.07 Å². The van der Waals surface area contributed by atoms with Crippen LogP contribution in [-0.4, -0.2) is 18.1 Å². The zero-order chi connectivity index (χ0) is 20.8. The van der Waals surface area contributed by atoms with Crippen molar-refractivity contribution >= 4 is 5.78 Å². The van der Waals surface area contributed by atoms with Gasteiger partial charge in [-0.25, -0.2) is 4.39 Å². The fourth-order valence-electron chi connectivity index (χ4n) is 5.54. The Morgan fingerprint density at radius 2 is 1.97 bits per heavy atom. The molecule has 8 heteroatoms. The van der Waals surface area contributed by atoms with Crippen LogP contribution >= 0.6 is 0 Å². The molecule has 4 nitrogen and oxygen atoms in total. The Labute approximate surface area is 164 Å². The van der Waals surface area contributed by atoms with Crippen molar-refractivity contribution in [1.82, 2.24) is 5.32 Å². The lowest BCUT2D eigenvalue weighted by molar-refractivity contribution is -0.119. The first-order chi connectivity index (χ1) is 13.5. The van der Waals surface area contributed by atoms with Crippen LogP contribution in [0.1, 0.15) is 44.2 Å². The number of nitrogens with one attached hydrogen (secondary N) is 1. The van der Waals surface area contributed by atoms with Crippen molar-refractivity contribution in [3.63, 3.8) is 0 Å². The predicted octanol–water partition coefficient (Wildman–Crippen LogP) is 4.86. The molecule has 0 aromatic heterocycles. The van der Waals surface area contributed by atoms with Crippen molar-refractivity contribution in [1.29, 1.82) is 0 Å². The summed E-state index contributed by atoms with van der Waals surface area (Å²) in [5.41, 5.74) is -1.05. The summed E-state index contributed by atoms with van der Waals surface area (Å²) in [4.78, 5) is 13.3. The highest BCUT2D eigenvalue weighted by Crippen LogP contribution is 2.59. The first-order valence-electron chi connectivity index (χ1n) is 9.58. The normalized spacial score (nSPS) is 29.9. The summed E-state index contributed by atoms with van der Waals surface area (Å²) in [5, 5.41) is 10.4. The molecule has 0 saturated heterocycles. The number of allylic oxidation sites excluding steroid dienone is 3. The first kappa shape index (κ1) is 18.5. The number of carbonyl (C=O) groups excluding carboxylic acids is 1. The quantitative estimate of drug-likeness (QED) is 0.627. The van der Waals surface area contributed by atoms with Crippen LogP contribution in [0.5, 0.6) is 0 Å². The molecule has 1 unspecified atom stereocenters. The van der Waals surface area contributed by atoms with Crippen LogP contribution in [0.15, 0.2) is 51.0 Å². The Morgan fingerprint density at radius 3 is 2.69 bits per heavy atom. The molecule has 152 valence electrons. The molecule has 29 heavy (non-hydrogen) atoms. The standard InChI is InChI=1S/C21H19F4N3O/c1-19(2)8-13-15(14(29)9-19)20(7-6-10-11(20)4-3-5-12(10)22)16-17(21(23,24)25)27-28-18(16)26-13/h3-5,18,26H,6-9H2,1-2H3/t18?,20-/m1/s1. The number of rotatable bonds is 0. The number of hydrogen-bond donors (Lipinski definition) is 1. The van der Waals surface area contributed by atoms with Crippen LogP contribution in [0.4, 0.5) is 17.6 Å². The Kier molecular flexibility index (Phi) is 3.54. The second kappa shape index (κ2) is 5.55. The van der Waals surface area contributed by atoms with Gasteiger partial charge in [0.1, 0.15) is 5.82 Å². The van der Waals surface area contributed by atoms with Gasteiger partial charge in [-0.15, -0.1) is 5.11 Å². The van der Waals surface area contributed by atoms with Gasteiger partial charge >= 0.3 is 6.18 Å². The van der Waals surface area contributed by atoms with E-state index in [1.807, 2.05) is 13.8 Å². The Morgan fingerprint density at radius 1 is 1.21 bits per heavy atom. The molecule has 0 amide bonds. The van der Waals surface area contributed by atoms with Gasteiger partial charge in [-0.05, 0) is 41.9 Å². The van der Waals surface area contributed by atoms with Crippen molar-refractivity contribution in [3.05, 3.63) is 57.7 Å². The van der Waals surface area contributed by atoms with Gasteiger partial charge in [0.05, 0.1) is 5.41 Å². The fourth-order valence-corrected chi connectivity index (χ4v) is 5.54. The minimum atomic E-state index is -4.71. The van der Waals surface area contributed by atoms with E-state index in [9.17, 15) is 22.4 Å². The fraction of sp³-hybridized carbons (Fsp3) is 0.476. The highest BCUT2D eigenvalue weighted by atomic mass is 19.4. The van der Waals surface area contributed by atoms with Gasteiger partial charge in [0, 0.05) is 23.3 Å². The molecule has 0 bridgehead atoms. The number of carbonyl (C=O) groups is 1. The van der Waals surface area contributed by atoms with Crippen molar-refractivity contribution in [2.24, 2.45) is 15.6 Å². The molecule has 2 aliphatic heterocycles. The first-order valence-corrected chi connectivity index (χ1v) is 9.58. The third-order valence-corrected chi connectivity index (χ3v) is 6.47. The maximum absolute atomic E-state index is 14.5. The van der Waals surface area contributed by atoms with E-state index < -0.39 is 29.3 Å². The number of ketones is 1. The van der Waals surface area contributed by atoms with E-state index in [0.29, 0.717) is 28.8 Å². The Balaban J connectivity index is 1.86. The summed E-state index contributed by atoms with van der Waals surface area (Å²) in [6.45, 7) is 3.90. The van der Waals surface area contributed by atoms with E-state index >= 15 is 0 Å². The van der Waals surface area contributed by atoms with Crippen molar-refractivity contribution in [3.8, 4) is 0 Å². The number of Topliss-reactive ketones (excluding diaryl/α,β-unsaturated/α-hetero) is 1. The number of benzene rings is 1. The van der Waals surface area contributed by atoms with E-state index in [0.717, 1.165) is 0 Å². The van der Waals surface area contributed by atoms with Crippen LogP contribution in [0, 0.1) is 11.2 Å². The highest BCUT2D eigenvalue weighted by Gasteiger charge is 2.60. The van der Waals surface area contributed by atoms with Crippen LogP contribution in [0.3, 0.4) is 0 Å². The lowest BCUT2D eigenvalue weighted by Gasteiger charge is -2.47. The minimum absolute atomic E-state index is 0.0684.